The molecule has 2 heterocycles. The number of carbonyl (C=O) groups is 1. The topological polar surface area (TPSA) is 67.3 Å². The van der Waals surface area contributed by atoms with Crippen LogP contribution in [0.3, 0.4) is 0 Å². The zero-order valence-corrected chi connectivity index (χ0v) is 15.9. The number of carbonyl (C=O) groups excluding carboxylic acids is 1. The predicted octanol–water partition coefficient (Wildman–Crippen LogP) is 2.97. The van der Waals surface area contributed by atoms with Gasteiger partial charge >= 0.3 is 0 Å². The average Bonchev–Trinajstić information content (AvgIpc) is 3.03. The molecule has 0 saturated carbocycles. The lowest BCUT2D eigenvalue weighted by Crippen LogP contribution is -2.39. The molecule has 0 radical (unpaired) electrons. The van der Waals surface area contributed by atoms with Crippen LogP contribution in [0.5, 0.6) is 0 Å². The molecule has 1 amide bonds. The molecule has 5 nitrogen and oxygen atoms in total. The number of hydrogen-bond acceptors (Lipinski definition) is 4. The first kappa shape index (κ1) is 17.9. The first-order valence-electron chi connectivity index (χ1n) is 8.50. The Morgan fingerprint density at radius 3 is 2.60 bits per heavy atom. The van der Waals surface area contributed by atoms with Gasteiger partial charge in [0.15, 0.2) is 9.84 Å². The van der Waals surface area contributed by atoms with E-state index in [0.717, 1.165) is 11.1 Å². The molecule has 0 N–H and O–H groups in total. The van der Waals surface area contributed by atoms with Gasteiger partial charge in [0.25, 0.3) is 5.91 Å². The number of para-hydroxylation sites is 1. The minimum absolute atomic E-state index is 0.143. The quantitative estimate of drug-likeness (QED) is 0.826. The number of sulfone groups is 1. The van der Waals surface area contributed by atoms with Crippen molar-refractivity contribution in [1.82, 2.24) is 9.88 Å². The Labute approximate surface area is 149 Å². The number of rotatable bonds is 2. The van der Waals surface area contributed by atoms with E-state index in [0.29, 0.717) is 24.0 Å². The summed E-state index contributed by atoms with van der Waals surface area (Å²) in [6.45, 7) is 7.74. The highest BCUT2D eigenvalue weighted by molar-refractivity contribution is 7.93. The minimum atomic E-state index is -3.28. The summed E-state index contributed by atoms with van der Waals surface area (Å²) in [5.41, 5.74) is 2.06. The molecule has 2 aromatic rings. The number of aryl methyl sites for hydroxylation is 1. The van der Waals surface area contributed by atoms with Crippen LogP contribution in [0.1, 0.15) is 43.2 Å². The van der Waals surface area contributed by atoms with E-state index in [1.807, 2.05) is 31.2 Å². The molecular weight excluding hydrogens is 336 g/mol. The van der Waals surface area contributed by atoms with Gasteiger partial charge in [-0.15, -0.1) is 0 Å². The number of benzene rings is 1. The van der Waals surface area contributed by atoms with Crippen molar-refractivity contribution < 1.29 is 13.2 Å². The SMILES string of the molecule is Cc1ccc2cccc(C(=O)N3CC[C@@H](S(=O)(=O)C(C)(C)C)C3)c2n1. The molecule has 1 aliphatic heterocycles. The van der Waals surface area contributed by atoms with Crippen molar-refractivity contribution in [3.63, 3.8) is 0 Å². The Bertz CT molecular complexity index is 929. The average molecular weight is 360 g/mol. The zero-order valence-electron chi connectivity index (χ0n) is 15.1. The summed E-state index contributed by atoms with van der Waals surface area (Å²) < 4.78 is 24.5. The molecule has 1 aliphatic rings. The molecule has 1 aromatic heterocycles. The maximum absolute atomic E-state index is 13.0. The zero-order chi connectivity index (χ0) is 18.4. The number of likely N-dealkylation sites (tertiary alicyclic amines) is 1. The Kier molecular flexibility index (Phi) is 4.35. The van der Waals surface area contributed by atoms with Crippen molar-refractivity contribution in [1.29, 1.82) is 0 Å². The smallest absolute Gasteiger partial charge is 0.256 e. The molecule has 3 rings (SSSR count). The number of fused-ring (bicyclic) bond motifs is 1. The second-order valence-corrected chi connectivity index (χ2v) is 10.6. The molecule has 134 valence electrons. The number of pyridine rings is 1. The molecule has 0 bridgehead atoms. The van der Waals surface area contributed by atoms with E-state index in [-0.39, 0.29) is 12.5 Å². The first-order valence-corrected chi connectivity index (χ1v) is 10.0. The number of hydrogen-bond donors (Lipinski definition) is 0. The fourth-order valence-corrected chi connectivity index (χ4v) is 5.05. The summed E-state index contributed by atoms with van der Waals surface area (Å²) in [5, 5.41) is 0.413. The van der Waals surface area contributed by atoms with Crippen LogP contribution < -0.4 is 0 Å². The fraction of sp³-hybridized carbons (Fsp3) is 0.474. The molecule has 0 spiro atoms. The first-order chi connectivity index (χ1) is 11.6. The second kappa shape index (κ2) is 6.09. The number of nitrogens with zero attached hydrogens (tertiary/aromatic N) is 2. The van der Waals surface area contributed by atoms with Crippen molar-refractivity contribution >= 4 is 26.6 Å². The van der Waals surface area contributed by atoms with Crippen LogP contribution in [0.2, 0.25) is 0 Å². The van der Waals surface area contributed by atoms with Crippen molar-refractivity contribution in [2.24, 2.45) is 0 Å². The van der Waals surface area contributed by atoms with Crippen molar-refractivity contribution in [2.75, 3.05) is 13.1 Å². The lowest BCUT2D eigenvalue weighted by Gasteiger charge is -2.24. The van der Waals surface area contributed by atoms with E-state index >= 15 is 0 Å². The van der Waals surface area contributed by atoms with E-state index in [2.05, 4.69) is 4.98 Å². The predicted molar refractivity (Wildman–Crippen MR) is 99.5 cm³/mol. The van der Waals surface area contributed by atoms with Gasteiger partial charge < -0.3 is 4.90 Å². The van der Waals surface area contributed by atoms with E-state index < -0.39 is 19.8 Å². The summed E-state index contributed by atoms with van der Waals surface area (Å²) in [7, 11) is -3.28. The Hall–Kier alpha value is -1.95. The third-order valence-electron chi connectivity index (χ3n) is 4.81. The Balaban J connectivity index is 1.90. The lowest BCUT2D eigenvalue weighted by atomic mass is 10.1. The summed E-state index contributed by atoms with van der Waals surface area (Å²) in [4.78, 5) is 19.1. The molecule has 25 heavy (non-hydrogen) atoms. The van der Waals surface area contributed by atoms with Crippen molar-refractivity contribution in [3.05, 3.63) is 41.6 Å². The van der Waals surface area contributed by atoms with Gasteiger partial charge in [0, 0.05) is 24.2 Å². The highest BCUT2D eigenvalue weighted by atomic mass is 32.2. The van der Waals surface area contributed by atoms with Crippen LogP contribution in [-0.4, -0.2) is 47.3 Å². The molecule has 1 atom stereocenters. The van der Waals surface area contributed by atoms with Crippen molar-refractivity contribution in [2.45, 2.75) is 44.1 Å². The van der Waals surface area contributed by atoms with E-state index in [9.17, 15) is 13.2 Å². The highest BCUT2D eigenvalue weighted by Crippen LogP contribution is 2.28. The van der Waals surface area contributed by atoms with Gasteiger partial charge in [-0.05, 0) is 46.2 Å². The third-order valence-corrected chi connectivity index (χ3v) is 7.78. The van der Waals surface area contributed by atoms with Gasteiger partial charge in [-0.3, -0.25) is 9.78 Å². The van der Waals surface area contributed by atoms with Gasteiger partial charge in [0.2, 0.25) is 0 Å². The lowest BCUT2D eigenvalue weighted by molar-refractivity contribution is 0.0795. The maximum atomic E-state index is 13.0. The van der Waals surface area contributed by atoms with Crippen LogP contribution in [0.4, 0.5) is 0 Å². The Morgan fingerprint density at radius 1 is 1.20 bits per heavy atom. The molecule has 1 aromatic carbocycles. The minimum Gasteiger partial charge on any atom is -0.337 e. The van der Waals surface area contributed by atoms with Crippen LogP contribution in [0.25, 0.3) is 10.9 Å². The fourth-order valence-electron chi connectivity index (χ4n) is 3.25. The molecule has 6 heteroatoms. The summed E-state index contributed by atoms with van der Waals surface area (Å²) in [6.07, 6.45) is 0.489. The van der Waals surface area contributed by atoms with Gasteiger partial charge in [0.1, 0.15) is 0 Å². The Morgan fingerprint density at radius 2 is 1.92 bits per heavy atom. The third kappa shape index (κ3) is 3.15. The van der Waals surface area contributed by atoms with E-state index in [1.54, 1.807) is 31.7 Å². The standard InChI is InChI=1S/C19H24N2O3S/c1-13-8-9-14-6-5-7-16(17(14)20-13)18(22)21-11-10-15(12-21)25(23,24)19(2,3)4/h5-9,15H,10-12H2,1-4H3/t15-/m1/s1. The molecule has 0 aliphatic carbocycles. The number of aromatic nitrogens is 1. The van der Waals surface area contributed by atoms with Crippen LogP contribution in [0.15, 0.2) is 30.3 Å². The van der Waals surface area contributed by atoms with Crippen molar-refractivity contribution in [3.8, 4) is 0 Å². The normalized spacial score (nSPS) is 18.7. The van der Waals surface area contributed by atoms with Crippen LogP contribution in [0, 0.1) is 6.92 Å². The molecule has 1 saturated heterocycles. The van der Waals surface area contributed by atoms with Gasteiger partial charge in [-0.2, -0.15) is 0 Å². The molecule has 0 unspecified atom stereocenters. The van der Waals surface area contributed by atoms with Gasteiger partial charge in [-0.1, -0.05) is 18.2 Å². The molecular formula is C19H24N2O3S. The van der Waals surface area contributed by atoms with Crippen LogP contribution >= 0.6 is 0 Å². The highest BCUT2D eigenvalue weighted by Gasteiger charge is 2.42. The number of amides is 1. The van der Waals surface area contributed by atoms with Gasteiger partial charge in [0.05, 0.1) is 21.1 Å². The monoisotopic (exact) mass is 360 g/mol. The second-order valence-electron chi connectivity index (χ2n) is 7.65. The summed E-state index contributed by atoms with van der Waals surface area (Å²) >= 11 is 0. The van der Waals surface area contributed by atoms with E-state index in [4.69, 9.17) is 0 Å². The maximum Gasteiger partial charge on any atom is 0.256 e. The largest absolute Gasteiger partial charge is 0.337 e. The molecule has 1 fully saturated rings. The summed E-state index contributed by atoms with van der Waals surface area (Å²) in [6, 6.07) is 9.40. The van der Waals surface area contributed by atoms with Crippen LogP contribution in [-0.2, 0) is 9.84 Å². The van der Waals surface area contributed by atoms with E-state index in [1.165, 1.54) is 0 Å². The van der Waals surface area contributed by atoms with Gasteiger partial charge in [-0.25, -0.2) is 8.42 Å². The summed E-state index contributed by atoms with van der Waals surface area (Å²) in [5.74, 6) is -0.143.